The summed E-state index contributed by atoms with van der Waals surface area (Å²) in [6, 6.07) is 20.8. The van der Waals surface area contributed by atoms with Gasteiger partial charge in [-0.15, -0.1) is 11.3 Å². The quantitative estimate of drug-likeness (QED) is 0.402. The molecule has 3 aromatic rings. The van der Waals surface area contributed by atoms with Gasteiger partial charge in [-0.3, -0.25) is 4.79 Å². The van der Waals surface area contributed by atoms with E-state index in [-0.39, 0.29) is 18.5 Å². The number of urea groups is 1. The van der Waals surface area contributed by atoms with Gasteiger partial charge in [0.1, 0.15) is 6.54 Å². The van der Waals surface area contributed by atoms with Crippen LogP contribution in [0.5, 0.6) is 0 Å². The number of carbonyl (C=O) groups excluding carboxylic acids is 2. The van der Waals surface area contributed by atoms with Crippen LogP contribution in [0.3, 0.4) is 0 Å². The van der Waals surface area contributed by atoms with Crippen LogP contribution < -0.4 is 5.32 Å². The first-order chi connectivity index (χ1) is 15.5. The zero-order valence-corrected chi connectivity index (χ0v) is 20.3. The molecule has 0 spiro atoms. The van der Waals surface area contributed by atoms with Crippen LogP contribution in [0.15, 0.2) is 76.6 Å². The molecule has 3 amide bonds. The van der Waals surface area contributed by atoms with E-state index in [0.29, 0.717) is 31.9 Å². The fourth-order valence-corrected chi connectivity index (χ4v) is 4.23. The predicted molar refractivity (Wildman–Crippen MR) is 132 cm³/mol. The van der Waals surface area contributed by atoms with Gasteiger partial charge in [0.25, 0.3) is 0 Å². The Labute approximate surface area is 200 Å². The second-order valence-electron chi connectivity index (χ2n) is 7.17. The van der Waals surface area contributed by atoms with E-state index in [4.69, 9.17) is 4.74 Å². The average Bonchev–Trinajstić information content (AvgIpc) is 3.30. The number of benzene rings is 2. The Bertz CT molecular complexity index is 999. The minimum atomic E-state index is -0.343. The lowest BCUT2D eigenvalue weighted by atomic mass is 10.2. The van der Waals surface area contributed by atoms with E-state index in [1.54, 1.807) is 29.4 Å². The standard InChI is InChI=1S/C24H26BrN3O3S/c1-31-13-12-27(24(30)26-21-10-5-9-20(25)15-21)18-23(29)28(17-22-11-6-14-32-22)16-19-7-3-2-4-8-19/h2-11,14-15H,12-13,16-18H2,1H3,(H,26,30). The number of anilines is 1. The normalized spacial score (nSPS) is 10.6. The van der Waals surface area contributed by atoms with Gasteiger partial charge in [-0.1, -0.05) is 58.4 Å². The molecule has 1 heterocycles. The minimum Gasteiger partial charge on any atom is -0.383 e. The summed E-state index contributed by atoms with van der Waals surface area (Å²) in [6.07, 6.45) is 0. The molecule has 0 aliphatic carbocycles. The molecule has 6 nitrogen and oxygen atoms in total. The van der Waals surface area contributed by atoms with Crippen molar-refractivity contribution in [2.24, 2.45) is 0 Å². The van der Waals surface area contributed by atoms with Gasteiger partial charge in [0, 0.05) is 35.2 Å². The number of rotatable bonds is 10. The minimum absolute atomic E-state index is 0.0403. The molecule has 0 aliphatic heterocycles. The molecule has 0 saturated heterocycles. The molecule has 1 N–H and O–H groups in total. The number of hydrogen-bond donors (Lipinski definition) is 1. The third-order valence-corrected chi connectivity index (χ3v) is 6.10. The SMILES string of the molecule is COCCN(CC(=O)N(Cc1ccccc1)Cc1cccs1)C(=O)Nc1cccc(Br)c1. The van der Waals surface area contributed by atoms with Crippen molar-refractivity contribution < 1.29 is 14.3 Å². The van der Waals surface area contributed by atoms with Crippen LogP contribution in [0.2, 0.25) is 0 Å². The van der Waals surface area contributed by atoms with Crippen LogP contribution in [0, 0.1) is 0 Å². The lowest BCUT2D eigenvalue weighted by molar-refractivity contribution is -0.133. The predicted octanol–water partition coefficient (Wildman–Crippen LogP) is 5.22. The zero-order valence-electron chi connectivity index (χ0n) is 17.9. The lowest BCUT2D eigenvalue weighted by Gasteiger charge is -2.27. The third kappa shape index (κ3) is 7.47. The van der Waals surface area contributed by atoms with Gasteiger partial charge in [0.2, 0.25) is 5.91 Å². The van der Waals surface area contributed by atoms with Crippen molar-refractivity contribution >= 4 is 44.9 Å². The Morgan fingerprint density at radius 2 is 1.81 bits per heavy atom. The van der Waals surface area contributed by atoms with Gasteiger partial charge < -0.3 is 19.9 Å². The van der Waals surface area contributed by atoms with Crippen LogP contribution in [0.25, 0.3) is 0 Å². The second kappa shape index (κ2) is 12.4. The molecule has 0 bridgehead atoms. The molecule has 0 unspecified atom stereocenters. The smallest absolute Gasteiger partial charge is 0.322 e. The molecule has 0 aliphatic rings. The molecule has 0 radical (unpaired) electrons. The topological polar surface area (TPSA) is 61.9 Å². The monoisotopic (exact) mass is 515 g/mol. The first-order valence-corrected chi connectivity index (χ1v) is 11.9. The fourth-order valence-electron chi connectivity index (χ4n) is 3.11. The van der Waals surface area contributed by atoms with E-state index in [9.17, 15) is 9.59 Å². The lowest BCUT2D eigenvalue weighted by Crippen LogP contribution is -2.45. The maximum atomic E-state index is 13.3. The van der Waals surface area contributed by atoms with Crippen molar-refractivity contribution in [3.05, 3.63) is 87.0 Å². The molecular weight excluding hydrogens is 490 g/mol. The summed E-state index contributed by atoms with van der Waals surface area (Å²) >= 11 is 5.02. The van der Waals surface area contributed by atoms with Crippen LogP contribution >= 0.6 is 27.3 Å². The number of nitrogens with zero attached hydrogens (tertiary/aromatic N) is 2. The first-order valence-electron chi connectivity index (χ1n) is 10.2. The van der Waals surface area contributed by atoms with Crippen molar-refractivity contribution in [3.63, 3.8) is 0 Å². The Balaban J connectivity index is 1.73. The zero-order chi connectivity index (χ0) is 22.8. The second-order valence-corrected chi connectivity index (χ2v) is 9.12. The highest BCUT2D eigenvalue weighted by atomic mass is 79.9. The molecule has 32 heavy (non-hydrogen) atoms. The molecule has 1 aromatic heterocycles. The summed E-state index contributed by atoms with van der Waals surface area (Å²) in [6.45, 7) is 1.57. The van der Waals surface area contributed by atoms with E-state index in [2.05, 4.69) is 21.2 Å². The van der Waals surface area contributed by atoms with E-state index in [1.807, 2.05) is 66.0 Å². The number of amides is 3. The molecule has 0 atom stereocenters. The summed E-state index contributed by atoms with van der Waals surface area (Å²) in [7, 11) is 1.57. The number of hydrogen-bond acceptors (Lipinski definition) is 4. The van der Waals surface area contributed by atoms with Gasteiger partial charge >= 0.3 is 6.03 Å². The highest BCUT2D eigenvalue weighted by Gasteiger charge is 2.22. The van der Waals surface area contributed by atoms with Crippen molar-refractivity contribution in [3.8, 4) is 0 Å². The van der Waals surface area contributed by atoms with Gasteiger partial charge in [-0.25, -0.2) is 4.79 Å². The maximum Gasteiger partial charge on any atom is 0.322 e. The van der Waals surface area contributed by atoms with Crippen LogP contribution in [0.4, 0.5) is 10.5 Å². The van der Waals surface area contributed by atoms with Crippen molar-refractivity contribution in [1.29, 1.82) is 0 Å². The largest absolute Gasteiger partial charge is 0.383 e. The molecule has 2 aromatic carbocycles. The number of nitrogens with one attached hydrogen (secondary N) is 1. The van der Waals surface area contributed by atoms with E-state index >= 15 is 0 Å². The summed E-state index contributed by atoms with van der Waals surface area (Å²) < 4.78 is 6.02. The maximum absolute atomic E-state index is 13.3. The van der Waals surface area contributed by atoms with E-state index in [0.717, 1.165) is 14.9 Å². The number of ether oxygens (including phenoxy) is 1. The number of thiophene rings is 1. The number of halogens is 1. The molecule has 3 rings (SSSR count). The van der Waals surface area contributed by atoms with E-state index in [1.165, 1.54) is 4.90 Å². The molecule has 0 saturated carbocycles. The van der Waals surface area contributed by atoms with Gasteiger partial charge in [-0.05, 0) is 35.2 Å². The highest BCUT2D eigenvalue weighted by Crippen LogP contribution is 2.17. The Morgan fingerprint density at radius 1 is 1.00 bits per heavy atom. The van der Waals surface area contributed by atoms with Gasteiger partial charge in [0.05, 0.1) is 13.2 Å². The summed E-state index contributed by atoms with van der Waals surface area (Å²) in [5, 5.41) is 4.86. The van der Waals surface area contributed by atoms with Gasteiger partial charge in [0.15, 0.2) is 0 Å². The molecule has 0 fully saturated rings. The van der Waals surface area contributed by atoms with E-state index < -0.39 is 0 Å². The summed E-state index contributed by atoms with van der Waals surface area (Å²) in [5.41, 5.74) is 1.69. The molecule has 168 valence electrons. The summed E-state index contributed by atoms with van der Waals surface area (Å²) in [5.74, 6) is -0.122. The van der Waals surface area contributed by atoms with Crippen molar-refractivity contribution in [2.75, 3.05) is 32.1 Å². The molecule has 8 heteroatoms. The Morgan fingerprint density at radius 3 is 2.50 bits per heavy atom. The van der Waals surface area contributed by atoms with Crippen LogP contribution in [-0.4, -0.2) is 48.5 Å². The fraction of sp³-hybridized carbons (Fsp3) is 0.250. The third-order valence-electron chi connectivity index (χ3n) is 4.75. The molecular formula is C24H26BrN3O3S. The van der Waals surface area contributed by atoms with Crippen LogP contribution in [0.1, 0.15) is 10.4 Å². The average molecular weight is 516 g/mol. The summed E-state index contributed by atoms with van der Waals surface area (Å²) in [4.78, 5) is 30.6. The first kappa shape index (κ1) is 24.0. The number of methoxy groups -OCH3 is 1. The van der Waals surface area contributed by atoms with Crippen molar-refractivity contribution in [2.45, 2.75) is 13.1 Å². The highest BCUT2D eigenvalue weighted by molar-refractivity contribution is 9.10. The van der Waals surface area contributed by atoms with Crippen LogP contribution in [-0.2, 0) is 22.6 Å². The van der Waals surface area contributed by atoms with Crippen molar-refractivity contribution in [1.82, 2.24) is 9.80 Å². The Hall–Kier alpha value is -2.68. The number of carbonyl (C=O) groups is 2. The Kier molecular flexibility index (Phi) is 9.27. The van der Waals surface area contributed by atoms with Gasteiger partial charge in [-0.2, -0.15) is 0 Å².